The highest BCUT2D eigenvalue weighted by Crippen LogP contribution is 2.32. The van der Waals surface area contributed by atoms with Crippen LogP contribution in [0.25, 0.3) is 33.7 Å². The first-order valence-electron chi connectivity index (χ1n) is 7.34. The van der Waals surface area contributed by atoms with Crippen molar-refractivity contribution in [3.8, 4) is 22.5 Å². The van der Waals surface area contributed by atoms with Gasteiger partial charge in [0.15, 0.2) is 5.15 Å². The van der Waals surface area contributed by atoms with Crippen molar-refractivity contribution in [3.05, 3.63) is 65.8 Å². The Balaban J connectivity index is 2.08. The normalized spacial score (nSPS) is 10.9. The van der Waals surface area contributed by atoms with E-state index in [0.717, 1.165) is 22.5 Å². The summed E-state index contributed by atoms with van der Waals surface area (Å²) in [6, 6.07) is 19.7. The summed E-state index contributed by atoms with van der Waals surface area (Å²) in [7, 11) is 0. The van der Waals surface area contributed by atoms with E-state index in [1.54, 1.807) is 0 Å². The number of hydrogen-bond donors (Lipinski definition) is 1. The highest BCUT2D eigenvalue weighted by Gasteiger charge is 2.16. The van der Waals surface area contributed by atoms with Crippen molar-refractivity contribution in [1.29, 1.82) is 0 Å². The fraction of sp³-hybridized carbons (Fsp3) is 0. The Labute approximate surface area is 143 Å². The topological polar surface area (TPSA) is 77.6 Å². The lowest BCUT2D eigenvalue weighted by atomic mass is 10.0. The molecule has 0 aliphatic carbocycles. The van der Waals surface area contributed by atoms with Crippen molar-refractivity contribution in [2.75, 3.05) is 5.73 Å². The second kappa shape index (κ2) is 5.86. The zero-order valence-corrected chi connectivity index (χ0v) is 13.3. The van der Waals surface area contributed by atoms with Crippen molar-refractivity contribution >= 4 is 28.5 Å². The number of nitrogens with zero attached hydrogens (tertiary/aromatic N) is 4. The first kappa shape index (κ1) is 14.5. The summed E-state index contributed by atoms with van der Waals surface area (Å²) >= 11 is 5.98. The first-order valence-corrected chi connectivity index (χ1v) is 7.72. The van der Waals surface area contributed by atoms with Gasteiger partial charge in [0, 0.05) is 11.1 Å². The fourth-order valence-electron chi connectivity index (χ4n) is 2.51. The van der Waals surface area contributed by atoms with Gasteiger partial charge in [0.1, 0.15) is 11.2 Å². The van der Waals surface area contributed by atoms with Crippen LogP contribution in [-0.4, -0.2) is 20.2 Å². The number of fused-ring (bicyclic) bond motifs is 1. The first-order chi connectivity index (χ1) is 11.7. The van der Waals surface area contributed by atoms with Crippen molar-refractivity contribution in [3.63, 3.8) is 0 Å². The third-order valence-electron chi connectivity index (χ3n) is 3.68. The lowest BCUT2D eigenvalue weighted by molar-refractivity contribution is 1.04. The summed E-state index contributed by atoms with van der Waals surface area (Å²) in [4.78, 5) is 9.36. The van der Waals surface area contributed by atoms with Crippen LogP contribution in [0.15, 0.2) is 60.7 Å². The Morgan fingerprint density at radius 1 is 0.708 bits per heavy atom. The molecule has 0 unspecified atom stereocenters. The third-order valence-corrected chi connectivity index (χ3v) is 3.96. The molecule has 0 aliphatic heterocycles. The van der Waals surface area contributed by atoms with Gasteiger partial charge in [-0.05, 0) is 0 Å². The molecule has 24 heavy (non-hydrogen) atoms. The molecule has 0 aliphatic rings. The predicted molar refractivity (Wildman–Crippen MR) is 95.4 cm³/mol. The molecule has 0 saturated carbocycles. The minimum Gasteiger partial charge on any atom is -0.394 e. The molecule has 0 spiro atoms. The number of benzene rings is 2. The van der Waals surface area contributed by atoms with Gasteiger partial charge in [0.05, 0.1) is 11.4 Å². The van der Waals surface area contributed by atoms with Gasteiger partial charge in [0.25, 0.3) is 0 Å². The molecule has 0 fully saturated rings. The van der Waals surface area contributed by atoms with E-state index in [1.807, 2.05) is 60.7 Å². The van der Waals surface area contributed by atoms with E-state index in [9.17, 15) is 0 Å². The van der Waals surface area contributed by atoms with E-state index in [1.165, 1.54) is 0 Å². The Kier molecular flexibility index (Phi) is 3.55. The van der Waals surface area contributed by atoms with E-state index >= 15 is 0 Å². The molecule has 0 amide bonds. The van der Waals surface area contributed by atoms with Gasteiger partial charge in [0.2, 0.25) is 5.65 Å². The molecular formula is C18H12ClN5. The van der Waals surface area contributed by atoms with E-state index < -0.39 is 0 Å². The quantitative estimate of drug-likeness (QED) is 0.600. The molecule has 0 radical (unpaired) electrons. The number of hydrogen-bond acceptors (Lipinski definition) is 5. The zero-order chi connectivity index (χ0) is 16.5. The molecule has 0 saturated heterocycles. The molecule has 2 N–H and O–H groups in total. The number of halogens is 1. The molecule has 116 valence electrons. The lowest BCUT2D eigenvalue weighted by Gasteiger charge is -2.11. The van der Waals surface area contributed by atoms with Crippen LogP contribution in [-0.2, 0) is 0 Å². The van der Waals surface area contributed by atoms with Gasteiger partial charge >= 0.3 is 0 Å². The molecule has 4 aromatic rings. The standard InChI is InChI=1S/C18H12ClN5/c19-17-13(20)16-18(24-23-17)22-15(12-9-5-2-6-10-12)14(21-16)11-7-3-1-4-8-11/h1-10H,(H2,20,22,24). The summed E-state index contributed by atoms with van der Waals surface area (Å²) in [6.07, 6.45) is 0. The molecule has 6 heteroatoms. The SMILES string of the molecule is Nc1c(Cl)nnc2nc(-c3ccccc3)c(-c3ccccc3)nc12. The number of anilines is 1. The number of rotatable bonds is 2. The molecular weight excluding hydrogens is 322 g/mol. The summed E-state index contributed by atoms with van der Waals surface area (Å²) in [5.74, 6) is 0. The summed E-state index contributed by atoms with van der Waals surface area (Å²) in [5.41, 5.74) is 10.5. The van der Waals surface area contributed by atoms with Crippen LogP contribution in [0.2, 0.25) is 5.15 Å². The van der Waals surface area contributed by atoms with Crippen molar-refractivity contribution in [2.45, 2.75) is 0 Å². The minimum atomic E-state index is 0.128. The van der Waals surface area contributed by atoms with Gasteiger partial charge in [-0.2, -0.15) is 0 Å². The van der Waals surface area contributed by atoms with Crippen LogP contribution in [0, 0.1) is 0 Å². The smallest absolute Gasteiger partial charge is 0.203 e. The molecule has 0 bridgehead atoms. The van der Waals surface area contributed by atoms with Crippen LogP contribution < -0.4 is 5.73 Å². The average Bonchev–Trinajstić information content (AvgIpc) is 2.65. The van der Waals surface area contributed by atoms with E-state index in [4.69, 9.17) is 22.3 Å². The highest BCUT2D eigenvalue weighted by atomic mass is 35.5. The maximum atomic E-state index is 6.02. The second-order valence-electron chi connectivity index (χ2n) is 5.23. The summed E-state index contributed by atoms with van der Waals surface area (Å²) in [6.45, 7) is 0. The number of aromatic nitrogens is 4. The van der Waals surface area contributed by atoms with Crippen LogP contribution in [0.1, 0.15) is 0 Å². The monoisotopic (exact) mass is 333 g/mol. The van der Waals surface area contributed by atoms with Gasteiger partial charge in [-0.25, -0.2) is 9.97 Å². The Morgan fingerprint density at radius 2 is 1.25 bits per heavy atom. The third kappa shape index (κ3) is 2.45. The van der Waals surface area contributed by atoms with Crippen LogP contribution in [0.5, 0.6) is 0 Å². The van der Waals surface area contributed by atoms with Crippen molar-refractivity contribution in [2.24, 2.45) is 0 Å². The van der Waals surface area contributed by atoms with Crippen LogP contribution in [0.4, 0.5) is 5.69 Å². The zero-order valence-electron chi connectivity index (χ0n) is 12.5. The Bertz CT molecular complexity index is 1020. The molecule has 2 aromatic heterocycles. The number of nitrogens with two attached hydrogens (primary N) is 1. The Hall–Kier alpha value is -3.05. The minimum absolute atomic E-state index is 0.128. The molecule has 0 atom stereocenters. The maximum Gasteiger partial charge on any atom is 0.203 e. The van der Waals surface area contributed by atoms with Crippen LogP contribution >= 0.6 is 11.6 Å². The number of nitrogen functional groups attached to an aromatic ring is 1. The van der Waals surface area contributed by atoms with E-state index in [-0.39, 0.29) is 10.8 Å². The average molecular weight is 334 g/mol. The van der Waals surface area contributed by atoms with Gasteiger partial charge in [-0.3, -0.25) is 0 Å². The molecule has 4 rings (SSSR count). The van der Waals surface area contributed by atoms with Crippen LogP contribution in [0.3, 0.4) is 0 Å². The summed E-state index contributed by atoms with van der Waals surface area (Å²) < 4.78 is 0. The molecule has 2 heterocycles. The lowest BCUT2D eigenvalue weighted by Crippen LogP contribution is -2.02. The van der Waals surface area contributed by atoms with E-state index in [2.05, 4.69) is 15.2 Å². The highest BCUT2D eigenvalue weighted by molar-refractivity contribution is 6.32. The second-order valence-corrected chi connectivity index (χ2v) is 5.59. The van der Waals surface area contributed by atoms with E-state index in [0.29, 0.717) is 11.2 Å². The largest absolute Gasteiger partial charge is 0.394 e. The van der Waals surface area contributed by atoms with Crippen molar-refractivity contribution < 1.29 is 0 Å². The van der Waals surface area contributed by atoms with Gasteiger partial charge in [-0.15, -0.1) is 10.2 Å². The fourth-order valence-corrected chi connectivity index (χ4v) is 2.64. The van der Waals surface area contributed by atoms with Gasteiger partial charge < -0.3 is 5.73 Å². The molecule has 5 nitrogen and oxygen atoms in total. The molecule has 2 aromatic carbocycles. The summed E-state index contributed by atoms with van der Waals surface area (Å²) in [5, 5.41) is 7.99. The van der Waals surface area contributed by atoms with Gasteiger partial charge in [-0.1, -0.05) is 72.3 Å². The van der Waals surface area contributed by atoms with Crippen molar-refractivity contribution in [1.82, 2.24) is 20.2 Å². The predicted octanol–water partition coefficient (Wildman–Crippen LogP) is 3.99. The Morgan fingerprint density at radius 3 is 1.83 bits per heavy atom. The maximum absolute atomic E-state index is 6.02.